The van der Waals surface area contributed by atoms with Gasteiger partial charge < -0.3 is 0 Å². The van der Waals surface area contributed by atoms with Gasteiger partial charge in [0.2, 0.25) is 0 Å². The van der Waals surface area contributed by atoms with Crippen LogP contribution in [0.4, 0.5) is 0 Å². The first-order chi connectivity index (χ1) is 2.77. The molecule has 33 valence electrons. The third-order valence-electron chi connectivity index (χ3n) is 0.213. The van der Waals surface area contributed by atoms with Crippen molar-refractivity contribution < 1.29 is 32.3 Å². The maximum atomic E-state index is 7.87. The van der Waals surface area contributed by atoms with E-state index >= 15 is 0 Å². The molecule has 4 heteroatoms. The fourth-order valence-corrected chi connectivity index (χ4v) is 1.31. The summed E-state index contributed by atoms with van der Waals surface area (Å²) in [5.41, 5.74) is 10.7. The van der Waals surface area contributed by atoms with Crippen LogP contribution in [0.15, 0.2) is 0 Å². The molecule has 6 heavy (non-hydrogen) atoms. The molecule has 0 radical (unpaired) electrons. The summed E-state index contributed by atoms with van der Waals surface area (Å²) >= 11 is -2.16. The van der Waals surface area contributed by atoms with Gasteiger partial charge in [-0.2, -0.15) is 0 Å². The number of hydrogen-bond donors (Lipinski definition) is 0. The van der Waals surface area contributed by atoms with E-state index in [1.807, 2.05) is 6.07 Å². The molecule has 0 aliphatic rings. The zero-order valence-electron chi connectivity index (χ0n) is 2.91. The summed E-state index contributed by atoms with van der Waals surface area (Å²) in [6.45, 7) is 0. The molecule has 0 aliphatic carbocycles. The van der Waals surface area contributed by atoms with Gasteiger partial charge in [-0.3, -0.25) is 0 Å². The summed E-state index contributed by atoms with van der Waals surface area (Å²) in [6.07, 6.45) is 0. The van der Waals surface area contributed by atoms with Crippen molar-refractivity contribution in [3.05, 3.63) is 0 Å². The van der Waals surface area contributed by atoms with E-state index < -0.39 is 32.3 Å². The molecule has 1 nitrogen and oxygen atoms in total. The molecular formula is C2H2CeCl2N. The molecule has 0 aliphatic heterocycles. The Morgan fingerprint density at radius 2 is 2.17 bits per heavy atom. The molecule has 0 aromatic rings. The molecule has 0 bridgehead atoms. The van der Waals surface area contributed by atoms with E-state index in [0.717, 1.165) is 0 Å². The minimum absolute atomic E-state index is 0.424. The second-order valence-electron chi connectivity index (χ2n) is 0.674. The Bertz CT molecular complexity index is 66.4. The maximum absolute atomic E-state index is 7.87. The molecule has 0 amide bonds. The molecule has 0 N–H and O–H groups in total. The molecule has 0 aromatic heterocycles. The van der Waals surface area contributed by atoms with Crippen molar-refractivity contribution in [1.29, 1.82) is 5.26 Å². The zero-order chi connectivity index (χ0) is 4.99. The van der Waals surface area contributed by atoms with Gasteiger partial charge in [0.25, 0.3) is 0 Å². The average molecular weight is 251 g/mol. The van der Waals surface area contributed by atoms with Crippen molar-refractivity contribution >= 4 is 11.3 Å². The van der Waals surface area contributed by atoms with Crippen LogP contribution in [0.1, 0.15) is 0 Å². The Hall–Kier alpha value is 1.45. The van der Waals surface area contributed by atoms with Crippen LogP contribution in [0.25, 0.3) is 0 Å². The van der Waals surface area contributed by atoms with Crippen LogP contribution >= 0.6 is 11.3 Å². The Morgan fingerprint density at radius 1 is 1.67 bits per heavy atom. The zero-order valence-corrected chi connectivity index (χ0v) is 7.56. The predicted molar refractivity (Wildman–Crippen MR) is 22.1 cm³/mol. The summed E-state index contributed by atoms with van der Waals surface area (Å²) in [5.74, 6) is 0. The number of halogens is 2. The standard InChI is InChI=1S/C2H2N.Ce.2ClH/c1-2-3;;;/h1H2;;2*1H/q;+2;;/p-2. The number of hydrogen-bond acceptors (Lipinski definition) is 1. The number of nitrogens with zero attached hydrogens (tertiary/aromatic N) is 1. The first-order valence-corrected chi connectivity index (χ1v) is 11.4. The van der Waals surface area contributed by atoms with Crippen molar-refractivity contribution in [3.63, 3.8) is 0 Å². The molecule has 0 aromatic carbocycles. The van der Waals surface area contributed by atoms with Gasteiger partial charge >= 0.3 is 56.8 Å². The molecule has 0 heterocycles. The van der Waals surface area contributed by atoms with Crippen molar-refractivity contribution in [2.75, 3.05) is 0 Å². The van der Waals surface area contributed by atoms with Gasteiger partial charge in [0.15, 0.2) is 0 Å². The van der Waals surface area contributed by atoms with Crippen LogP contribution in [0.2, 0.25) is 1.94 Å². The second-order valence-corrected chi connectivity index (χ2v) is 12.0. The Kier molecular flexibility index (Phi) is 5.71. The Labute approximate surface area is 55.7 Å². The molecule has 0 atom stereocenters. The molecule has 0 fully saturated rings. The fraction of sp³-hybridized carbons (Fsp3) is 0.500. The van der Waals surface area contributed by atoms with Crippen molar-refractivity contribution in [2.24, 2.45) is 0 Å². The number of rotatable bonds is 1. The van der Waals surface area contributed by atoms with E-state index in [0.29, 0.717) is 1.94 Å². The van der Waals surface area contributed by atoms with Crippen LogP contribution in [-0.2, 0) is 0 Å². The summed E-state index contributed by atoms with van der Waals surface area (Å²) in [5, 5.41) is 7.87. The summed E-state index contributed by atoms with van der Waals surface area (Å²) < 4.78 is 0.424. The fourth-order valence-electron chi connectivity index (χ4n) is 0.0598. The molecular weight excluding hydrogens is 249 g/mol. The van der Waals surface area contributed by atoms with Gasteiger partial charge in [-0.25, -0.2) is 0 Å². The molecule has 0 spiro atoms. The van der Waals surface area contributed by atoms with Crippen molar-refractivity contribution in [1.82, 2.24) is 0 Å². The third-order valence-corrected chi connectivity index (χ3v) is 3.49. The minimum atomic E-state index is -2.16. The van der Waals surface area contributed by atoms with Crippen LogP contribution in [-0.4, -0.2) is 0 Å². The first-order valence-electron chi connectivity index (χ1n) is 1.31. The summed E-state index contributed by atoms with van der Waals surface area (Å²) in [7, 11) is 0. The van der Waals surface area contributed by atoms with Gasteiger partial charge in [0, 0.05) is 0 Å². The van der Waals surface area contributed by atoms with E-state index in [1.54, 1.807) is 0 Å². The Balaban J connectivity index is 2.88. The van der Waals surface area contributed by atoms with Gasteiger partial charge in [-0.05, 0) is 0 Å². The summed E-state index contributed by atoms with van der Waals surface area (Å²) in [4.78, 5) is 0. The SMILES string of the molecule is N#C[CH2][Ce]([Cl])[Cl]. The monoisotopic (exact) mass is 250 g/mol. The molecule has 0 unspecified atom stereocenters. The summed E-state index contributed by atoms with van der Waals surface area (Å²) in [6, 6.07) is 1.90. The average Bonchev–Trinajstić information content (AvgIpc) is 1.35. The predicted octanol–water partition coefficient (Wildman–Crippen LogP) is 1.86. The normalized spacial score (nSPS) is 6.83. The van der Waals surface area contributed by atoms with Crippen LogP contribution < -0.4 is 0 Å². The molecule has 0 rings (SSSR count). The second kappa shape index (κ2) is 4.60. The van der Waals surface area contributed by atoms with E-state index in [2.05, 4.69) is 0 Å². The Morgan fingerprint density at radius 3 is 2.17 bits per heavy atom. The van der Waals surface area contributed by atoms with Crippen molar-refractivity contribution in [3.8, 4) is 6.07 Å². The van der Waals surface area contributed by atoms with Gasteiger partial charge in [-0.1, -0.05) is 0 Å². The van der Waals surface area contributed by atoms with Gasteiger partial charge in [0.1, 0.15) is 0 Å². The van der Waals surface area contributed by atoms with Gasteiger partial charge in [-0.15, -0.1) is 0 Å². The van der Waals surface area contributed by atoms with E-state index in [-0.39, 0.29) is 0 Å². The molecule has 0 saturated carbocycles. The van der Waals surface area contributed by atoms with Gasteiger partial charge in [0.05, 0.1) is 0 Å². The molecule has 0 saturated heterocycles. The van der Waals surface area contributed by atoms with Crippen molar-refractivity contribution in [2.45, 2.75) is 1.94 Å². The van der Waals surface area contributed by atoms with E-state index in [4.69, 9.17) is 16.5 Å². The van der Waals surface area contributed by atoms with E-state index in [9.17, 15) is 0 Å². The van der Waals surface area contributed by atoms with E-state index in [1.165, 1.54) is 0 Å². The first kappa shape index (κ1) is 7.45. The van der Waals surface area contributed by atoms with Crippen LogP contribution in [0.5, 0.6) is 0 Å². The quantitative estimate of drug-likeness (QED) is 0.697. The topological polar surface area (TPSA) is 23.8 Å². The van der Waals surface area contributed by atoms with Crippen LogP contribution in [0, 0.1) is 43.6 Å². The number of nitriles is 1. The third kappa shape index (κ3) is 5.45. The van der Waals surface area contributed by atoms with Crippen LogP contribution in [0.3, 0.4) is 0 Å².